The van der Waals surface area contributed by atoms with Gasteiger partial charge in [-0.1, -0.05) is 54.6 Å². The maximum absolute atomic E-state index is 14.0. The van der Waals surface area contributed by atoms with E-state index in [-0.39, 0.29) is 5.56 Å². The predicted octanol–water partition coefficient (Wildman–Crippen LogP) is 6.78. The number of carbonyl (C=O) groups is 2. The molecule has 5 aromatic rings. The van der Waals surface area contributed by atoms with Crippen LogP contribution in [0.15, 0.2) is 91.0 Å². The van der Waals surface area contributed by atoms with Gasteiger partial charge in [0.2, 0.25) is 11.9 Å². The molecule has 1 aromatic heterocycles. The number of para-hydroxylation sites is 1. The smallest absolute Gasteiger partial charge is 0.340 e. The zero-order valence-corrected chi connectivity index (χ0v) is 25.0. The Morgan fingerprint density at radius 2 is 1.39 bits per heavy atom. The Labute approximate surface area is 255 Å². The van der Waals surface area contributed by atoms with Crippen LogP contribution in [-0.4, -0.2) is 45.3 Å². The average molecular weight is 593 g/mol. The zero-order valence-electron chi connectivity index (χ0n) is 25.0. The molecule has 0 fully saturated rings. The van der Waals surface area contributed by atoms with Gasteiger partial charge in [0.15, 0.2) is 11.5 Å². The number of nitrogens with one attached hydrogen (secondary N) is 1. The molecule has 0 aliphatic heterocycles. The van der Waals surface area contributed by atoms with E-state index >= 15 is 0 Å². The van der Waals surface area contributed by atoms with Crippen molar-refractivity contribution in [3.05, 3.63) is 108 Å². The molecular formula is C35H32N2O7. The topological polar surface area (TPSA) is 105 Å². The molecule has 0 saturated heterocycles. The first kappa shape index (κ1) is 29.9. The molecule has 1 heterocycles. The number of rotatable bonds is 10. The lowest BCUT2D eigenvalue weighted by Crippen LogP contribution is -2.26. The minimum Gasteiger partial charge on any atom is -0.495 e. The van der Waals surface area contributed by atoms with Crippen LogP contribution in [0.2, 0.25) is 0 Å². The maximum atomic E-state index is 14.0. The second-order valence-corrected chi connectivity index (χ2v) is 9.88. The number of aryl methyl sites for hydroxylation is 1. The number of fused-ring (bicyclic) bond motifs is 1. The van der Waals surface area contributed by atoms with Gasteiger partial charge >= 0.3 is 5.97 Å². The van der Waals surface area contributed by atoms with E-state index in [4.69, 9.17) is 28.7 Å². The Morgan fingerprint density at radius 3 is 2.05 bits per heavy atom. The highest BCUT2D eigenvalue weighted by Crippen LogP contribution is 2.41. The lowest BCUT2D eigenvalue weighted by Gasteiger charge is -2.20. The van der Waals surface area contributed by atoms with Crippen LogP contribution in [0.4, 0.5) is 5.69 Å². The number of hydrogen-bond donors (Lipinski definition) is 1. The van der Waals surface area contributed by atoms with Gasteiger partial charge in [-0.25, -0.2) is 9.78 Å². The number of amides is 1. The SMILES string of the molecule is COc1ccc(C)cc1NC(=O)C(OC(=O)c1cc(-c2cc(OC)c(OC)c(OC)c2)nc2ccccc12)c1ccccc1. The number of benzene rings is 4. The molecule has 0 aliphatic carbocycles. The molecule has 5 rings (SSSR count). The van der Waals surface area contributed by atoms with Crippen LogP contribution in [0.25, 0.3) is 22.2 Å². The molecule has 0 bridgehead atoms. The van der Waals surface area contributed by atoms with E-state index in [1.807, 2.05) is 31.2 Å². The van der Waals surface area contributed by atoms with Crippen molar-refractivity contribution in [1.82, 2.24) is 4.98 Å². The lowest BCUT2D eigenvalue weighted by molar-refractivity contribution is -0.125. The van der Waals surface area contributed by atoms with E-state index in [0.29, 0.717) is 56.4 Å². The molecule has 1 amide bonds. The van der Waals surface area contributed by atoms with Crippen molar-refractivity contribution >= 4 is 28.5 Å². The first-order valence-electron chi connectivity index (χ1n) is 13.8. The number of anilines is 1. The lowest BCUT2D eigenvalue weighted by atomic mass is 10.0. The Bertz CT molecular complexity index is 1800. The van der Waals surface area contributed by atoms with Crippen molar-refractivity contribution in [2.75, 3.05) is 33.8 Å². The summed E-state index contributed by atoms with van der Waals surface area (Å²) in [6.45, 7) is 1.91. The number of carbonyl (C=O) groups excluding carboxylic acids is 2. The molecule has 224 valence electrons. The first-order chi connectivity index (χ1) is 21.4. The molecule has 44 heavy (non-hydrogen) atoms. The third-order valence-corrected chi connectivity index (χ3v) is 7.07. The Hall–Kier alpha value is -5.57. The number of hydrogen-bond acceptors (Lipinski definition) is 8. The van der Waals surface area contributed by atoms with E-state index in [0.717, 1.165) is 5.56 Å². The molecule has 4 aromatic carbocycles. The minimum absolute atomic E-state index is 0.237. The quantitative estimate of drug-likeness (QED) is 0.177. The fourth-order valence-corrected chi connectivity index (χ4v) is 4.91. The van der Waals surface area contributed by atoms with Crippen molar-refractivity contribution in [3.63, 3.8) is 0 Å². The van der Waals surface area contributed by atoms with Gasteiger partial charge in [0.1, 0.15) is 5.75 Å². The van der Waals surface area contributed by atoms with Crippen molar-refractivity contribution in [3.8, 4) is 34.3 Å². The van der Waals surface area contributed by atoms with Gasteiger partial charge in [-0.15, -0.1) is 0 Å². The largest absolute Gasteiger partial charge is 0.495 e. The second kappa shape index (κ2) is 13.2. The summed E-state index contributed by atoms with van der Waals surface area (Å²) in [6.07, 6.45) is -1.26. The third kappa shape index (κ3) is 6.12. The highest BCUT2D eigenvalue weighted by molar-refractivity contribution is 6.06. The van der Waals surface area contributed by atoms with Crippen LogP contribution in [0.1, 0.15) is 27.6 Å². The van der Waals surface area contributed by atoms with Crippen molar-refractivity contribution in [2.45, 2.75) is 13.0 Å². The van der Waals surface area contributed by atoms with E-state index in [1.54, 1.807) is 66.7 Å². The highest BCUT2D eigenvalue weighted by Gasteiger charge is 2.28. The van der Waals surface area contributed by atoms with Gasteiger partial charge in [-0.3, -0.25) is 4.79 Å². The van der Waals surface area contributed by atoms with Gasteiger partial charge in [-0.2, -0.15) is 0 Å². The summed E-state index contributed by atoms with van der Waals surface area (Å²) in [4.78, 5) is 32.5. The van der Waals surface area contributed by atoms with Crippen LogP contribution in [-0.2, 0) is 9.53 Å². The standard InChI is InChI=1S/C35H32N2O7/c1-21-15-16-29(40-2)28(17-21)37-34(38)32(22-11-7-6-8-12-22)44-35(39)25-20-27(36-26-14-10-9-13-24(25)26)23-18-30(41-3)33(43-5)31(19-23)42-4/h6-20,32H,1-5H3,(H,37,38). The van der Waals surface area contributed by atoms with Gasteiger partial charge in [0.25, 0.3) is 5.91 Å². The number of nitrogens with zero attached hydrogens (tertiary/aromatic N) is 1. The molecule has 0 radical (unpaired) electrons. The summed E-state index contributed by atoms with van der Waals surface area (Å²) in [5, 5.41) is 3.45. The van der Waals surface area contributed by atoms with Gasteiger partial charge < -0.3 is 29.0 Å². The normalized spacial score (nSPS) is 11.4. The fourth-order valence-electron chi connectivity index (χ4n) is 4.91. The van der Waals surface area contributed by atoms with Crippen molar-refractivity contribution < 1.29 is 33.3 Å². The van der Waals surface area contributed by atoms with Crippen LogP contribution < -0.4 is 24.3 Å². The third-order valence-electron chi connectivity index (χ3n) is 7.07. The van der Waals surface area contributed by atoms with Crippen LogP contribution in [0.3, 0.4) is 0 Å². The molecule has 9 heteroatoms. The van der Waals surface area contributed by atoms with Crippen LogP contribution in [0, 0.1) is 6.92 Å². The maximum Gasteiger partial charge on any atom is 0.340 e. The molecule has 0 saturated carbocycles. The van der Waals surface area contributed by atoms with Gasteiger partial charge in [-0.05, 0) is 48.9 Å². The molecular weight excluding hydrogens is 560 g/mol. The first-order valence-corrected chi connectivity index (χ1v) is 13.8. The Balaban J connectivity index is 1.57. The molecule has 0 aliphatic rings. The number of methoxy groups -OCH3 is 4. The summed E-state index contributed by atoms with van der Waals surface area (Å²) in [5.74, 6) is 0.564. The monoisotopic (exact) mass is 592 g/mol. The summed E-state index contributed by atoms with van der Waals surface area (Å²) in [5.41, 5.74) is 3.80. The van der Waals surface area contributed by atoms with E-state index in [1.165, 1.54) is 28.4 Å². The Kier molecular flexibility index (Phi) is 8.95. The van der Waals surface area contributed by atoms with Gasteiger partial charge in [0.05, 0.1) is 50.9 Å². The summed E-state index contributed by atoms with van der Waals surface area (Å²) in [6, 6.07) is 26.7. The summed E-state index contributed by atoms with van der Waals surface area (Å²) < 4.78 is 28.0. The van der Waals surface area contributed by atoms with Crippen molar-refractivity contribution in [1.29, 1.82) is 0 Å². The van der Waals surface area contributed by atoms with Crippen LogP contribution in [0.5, 0.6) is 23.0 Å². The predicted molar refractivity (Wildman–Crippen MR) is 168 cm³/mol. The zero-order chi connectivity index (χ0) is 31.2. The number of ether oxygens (including phenoxy) is 5. The summed E-state index contributed by atoms with van der Waals surface area (Å²) >= 11 is 0. The number of aromatic nitrogens is 1. The summed E-state index contributed by atoms with van der Waals surface area (Å²) in [7, 11) is 6.10. The number of esters is 1. The molecule has 9 nitrogen and oxygen atoms in total. The second-order valence-electron chi connectivity index (χ2n) is 9.88. The fraction of sp³-hybridized carbons (Fsp3) is 0.171. The van der Waals surface area contributed by atoms with E-state index < -0.39 is 18.0 Å². The van der Waals surface area contributed by atoms with Gasteiger partial charge in [0, 0.05) is 16.5 Å². The molecule has 1 atom stereocenters. The highest BCUT2D eigenvalue weighted by atomic mass is 16.5. The Morgan fingerprint density at radius 1 is 0.727 bits per heavy atom. The average Bonchev–Trinajstić information content (AvgIpc) is 3.06. The minimum atomic E-state index is -1.26. The molecule has 1 unspecified atom stereocenters. The molecule has 0 spiro atoms. The van der Waals surface area contributed by atoms with Crippen molar-refractivity contribution in [2.24, 2.45) is 0 Å². The van der Waals surface area contributed by atoms with Crippen LogP contribution >= 0.6 is 0 Å². The van der Waals surface area contributed by atoms with E-state index in [9.17, 15) is 9.59 Å². The number of pyridine rings is 1. The van der Waals surface area contributed by atoms with E-state index in [2.05, 4.69) is 5.32 Å². The molecule has 1 N–H and O–H groups in total.